The predicted octanol–water partition coefficient (Wildman–Crippen LogP) is 2.03. The molecule has 0 aromatic heterocycles. The van der Waals surface area contributed by atoms with Crippen molar-refractivity contribution < 1.29 is 9.59 Å². The third-order valence-corrected chi connectivity index (χ3v) is 1.84. The number of ketones is 2. The van der Waals surface area contributed by atoms with Crippen LogP contribution in [0.5, 0.6) is 0 Å². The van der Waals surface area contributed by atoms with E-state index in [4.69, 9.17) is 5.26 Å². The minimum absolute atomic E-state index is 0.0903. The van der Waals surface area contributed by atoms with Crippen molar-refractivity contribution in [1.29, 1.82) is 5.26 Å². The molecule has 0 N–H and O–H groups in total. The molecular weight excluding hydrogens is 178 g/mol. The van der Waals surface area contributed by atoms with Crippen molar-refractivity contribution in [2.24, 2.45) is 5.92 Å². The summed E-state index contributed by atoms with van der Waals surface area (Å²) in [6.45, 7) is 2.95. The average Bonchev–Trinajstić information content (AvgIpc) is 2.10. The van der Waals surface area contributed by atoms with Crippen LogP contribution in [-0.2, 0) is 9.59 Å². The first-order valence-electron chi connectivity index (χ1n) is 4.62. The first-order chi connectivity index (χ1) is 6.57. The molecule has 0 rings (SSSR count). The van der Waals surface area contributed by atoms with Crippen molar-refractivity contribution in [1.82, 2.24) is 0 Å². The van der Waals surface area contributed by atoms with E-state index >= 15 is 0 Å². The molecule has 1 unspecified atom stereocenters. The summed E-state index contributed by atoms with van der Waals surface area (Å²) in [6, 6.07) is 1.95. The Morgan fingerprint density at radius 3 is 2.43 bits per heavy atom. The van der Waals surface area contributed by atoms with Crippen LogP contribution in [0, 0.1) is 17.2 Å². The minimum Gasteiger partial charge on any atom is -0.300 e. The topological polar surface area (TPSA) is 57.9 Å². The van der Waals surface area contributed by atoms with Gasteiger partial charge in [0.05, 0.1) is 6.07 Å². The summed E-state index contributed by atoms with van der Waals surface area (Å²) in [7, 11) is 0. The normalized spacial score (nSPS) is 12.4. The molecule has 3 nitrogen and oxygen atoms in total. The Balaban J connectivity index is 3.73. The molecule has 0 aliphatic heterocycles. The van der Waals surface area contributed by atoms with Crippen LogP contribution < -0.4 is 0 Å². The number of allylic oxidation sites excluding steroid dienone is 2. The Kier molecular flexibility index (Phi) is 6.30. The highest BCUT2D eigenvalue weighted by molar-refractivity contribution is 5.80. The van der Waals surface area contributed by atoms with Crippen LogP contribution in [-0.4, -0.2) is 11.6 Å². The zero-order valence-corrected chi connectivity index (χ0v) is 8.62. The zero-order valence-electron chi connectivity index (χ0n) is 8.62. The van der Waals surface area contributed by atoms with Crippen LogP contribution >= 0.6 is 0 Å². The summed E-state index contributed by atoms with van der Waals surface area (Å²) in [5, 5.41) is 8.59. The SMILES string of the molecule is CC(=O)C/C=C/CCC(C#N)C(C)=O. The molecular formula is C11H15NO2. The van der Waals surface area contributed by atoms with E-state index in [2.05, 4.69) is 0 Å². The van der Waals surface area contributed by atoms with Gasteiger partial charge in [0.25, 0.3) is 0 Å². The number of rotatable bonds is 6. The second-order valence-electron chi connectivity index (χ2n) is 3.25. The second kappa shape index (κ2) is 7.02. The standard InChI is InChI=1S/C11H15NO2/c1-9(13)6-4-3-5-7-11(8-12)10(2)14/h3-4,11H,5-7H2,1-2H3/b4-3+. The van der Waals surface area contributed by atoms with Crippen LogP contribution in [0.15, 0.2) is 12.2 Å². The van der Waals surface area contributed by atoms with Gasteiger partial charge in [0.1, 0.15) is 17.5 Å². The van der Waals surface area contributed by atoms with E-state index in [1.165, 1.54) is 13.8 Å². The van der Waals surface area contributed by atoms with Crippen molar-refractivity contribution in [3.8, 4) is 6.07 Å². The van der Waals surface area contributed by atoms with Crippen molar-refractivity contribution in [3.63, 3.8) is 0 Å². The lowest BCUT2D eigenvalue weighted by molar-refractivity contribution is -0.119. The van der Waals surface area contributed by atoms with Gasteiger partial charge in [-0.1, -0.05) is 12.2 Å². The van der Waals surface area contributed by atoms with Gasteiger partial charge < -0.3 is 0 Å². The molecule has 0 aliphatic rings. The molecule has 0 spiro atoms. The third-order valence-electron chi connectivity index (χ3n) is 1.84. The summed E-state index contributed by atoms with van der Waals surface area (Å²) in [6.07, 6.45) is 5.26. The fourth-order valence-corrected chi connectivity index (χ4v) is 0.989. The number of carbonyl (C=O) groups is 2. The van der Waals surface area contributed by atoms with Crippen LogP contribution in [0.1, 0.15) is 33.1 Å². The average molecular weight is 193 g/mol. The maximum Gasteiger partial charge on any atom is 0.146 e. The van der Waals surface area contributed by atoms with E-state index in [9.17, 15) is 9.59 Å². The monoisotopic (exact) mass is 193 g/mol. The highest BCUT2D eigenvalue weighted by Gasteiger charge is 2.10. The fourth-order valence-electron chi connectivity index (χ4n) is 0.989. The van der Waals surface area contributed by atoms with Gasteiger partial charge in [-0.3, -0.25) is 9.59 Å². The fraction of sp³-hybridized carbons (Fsp3) is 0.545. The summed E-state index contributed by atoms with van der Waals surface area (Å²) in [4.78, 5) is 21.4. The van der Waals surface area contributed by atoms with Gasteiger partial charge in [-0.2, -0.15) is 5.26 Å². The molecule has 0 aromatic rings. The molecule has 0 saturated heterocycles. The molecule has 0 aliphatic carbocycles. The maximum atomic E-state index is 10.8. The molecule has 76 valence electrons. The first kappa shape index (κ1) is 12.6. The van der Waals surface area contributed by atoms with E-state index in [0.29, 0.717) is 19.3 Å². The predicted molar refractivity (Wildman–Crippen MR) is 53.5 cm³/mol. The quantitative estimate of drug-likeness (QED) is 0.606. The minimum atomic E-state index is -0.503. The highest BCUT2D eigenvalue weighted by Crippen LogP contribution is 2.07. The first-order valence-corrected chi connectivity index (χ1v) is 4.62. The largest absolute Gasteiger partial charge is 0.300 e. The Morgan fingerprint density at radius 1 is 1.36 bits per heavy atom. The van der Waals surface area contributed by atoms with E-state index in [1.807, 2.05) is 12.1 Å². The van der Waals surface area contributed by atoms with Gasteiger partial charge in [-0.15, -0.1) is 0 Å². The molecule has 14 heavy (non-hydrogen) atoms. The van der Waals surface area contributed by atoms with Crippen molar-refractivity contribution in [2.75, 3.05) is 0 Å². The number of hydrogen-bond donors (Lipinski definition) is 0. The van der Waals surface area contributed by atoms with Gasteiger partial charge in [0, 0.05) is 6.42 Å². The molecule has 0 amide bonds. The lowest BCUT2D eigenvalue weighted by Crippen LogP contribution is -2.07. The van der Waals surface area contributed by atoms with Gasteiger partial charge in [-0.05, 0) is 26.7 Å². The van der Waals surface area contributed by atoms with Crippen molar-refractivity contribution in [3.05, 3.63) is 12.2 Å². The van der Waals surface area contributed by atoms with Crippen molar-refractivity contribution >= 4 is 11.6 Å². The van der Waals surface area contributed by atoms with Gasteiger partial charge >= 0.3 is 0 Å². The lowest BCUT2D eigenvalue weighted by atomic mass is 10.0. The van der Waals surface area contributed by atoms with Gasteiger partial charge in [0.2, 0.25) is 0 Å². The zero-order chi connectivity index (χ0) is 11.0. The molecule has 3 heteroatoms. The summed E-state index contributed by atoms with van der Waals surface area (Å²) < 4.78 is 0. The smallest absolute Gasteiger partial charge is 0.146 e. The van der Waals surface area contributed by atoms with E-state index in [-0.39, 0.29) is 11.6 Å². The Hall–Kier alpha value is -1.43. The molecule has 0 fully saturated rings. The number of nitrogens with zero attached hydrogens (tertiary/aromatic N) is 1. The number of hydrogen-bond acceptors (Lipinski definition) is 3. The molecule has 0 saturated carbocycles. The van der Waals surface area contributed by atoms with Crippen LogP contribution in [0.3, 0.4) is 0 Å². The Bertz CT molecular complexity index is 274. The maximum absolute atomic E-state index is 10.8. The highest BCUT2D eigenvalue weighted by atomic mass is 16.1. The lowest BCUT2D eigenvalue weighted by Gasteiger charge is -2.00. The molecule has 0 bridgehead atoms. The van der Waals surface area contributed by atoms with Crippen LogP contribution in [0.2, 0.25) is 0 Å². The van der Waals surface area contributed by atoms with Crippen LogP contribution in [0.25, 0.3) is 0 Å². The Labute approximate surface area is 84.4 Å². The van der Waals surface area contributed by atoms with E-state index in [1.54, 1.807) is 6.08 Å². The van der Waals surface area contributed by atoms with Gasteiger partial charge in [-0.25, -0.2) is 0 Å². The summed E-state index contributed by atoms with van der Waals surface area (Å²) in [5.74, 6) is -0.478. The number of carbonyl (C=O) groups excluding carboxylic acids is 2. The summed E-state index contributed by atoms with van der Waals surface area (Å²) >= 11 is 0. The van der Waals surface area contributed by atoms with Gasteiger partial charge in [0.15, 0.2) is 0 Å². The molecule has 1 atom stereocenters. The molecule has 0 radical (unpaired) electrons. The van der Waals surface area contributed by atoms with E-state index < -0.39 is 5.92 Å². The molecule has 0 aromatic carbocycles. The number of Topliss-reactive ketones (excluding diaryl/α,β-unsaturated/α-hetero) is 2. The van der Waals surface area contributed by atoms with E-state index in [0.717, 1.165) is 0 Å². The molecule has 0 heterocycles. The van der Waals surface area contributed by atoms with Crippen LogP contribution in [0.4, 0.5) is 0 Å². The van der Waals surface area contributed by atoms with Crippen molar-refractivity contribution in [2.45, 2.75) is 33.1 Å². The Morgan fingerprint density at radius 2 is 2.00 bits per heavy atom. The second-order valence-corrected chi connectivity index (χ2v) is 3.25. The third kappa shape index (κ3) is 6.13. The summed E-state index contributed by atoms with van der Waals surface area (Å²) in [5.41, 5.74) is 0. The number of nitriles is 1.